The number of thiophene rings is 1. The van der Waals surface area contributed by atoms with Crippen molar-refractivity contribution in [2.45, 2.75) is 23.8 Å². The van der Waals surface area contributed by atoms with Crippen LogP contribution in [0.25, 0.3) is 11.0 Å². The number of H-pyrrole nitrogens is 1. The zero-order valence-corrected chi connectivity index (χ0v) is 17.7. The van der Waals surface area contributed by atoms with E-state index in [0.29, 0.717) is 18.4 Å². The zero-order valence-electron chi connectivity index (χ0n) is 16.1. The van der Waals surface area contributed by atoms with Gasteiger partial charge in [0.2, 0.25) is 5.91 Å². The summed E-state index contributed by atoms with van der Waals surface area (Å²) in [5.41, 5.74) is 9.59. The standard InChI is InChI=1S/C22H20N4O2S2/c27-20(10-7-16-11-12-29-13-16)25-26-21(28)17-8-5-15(6-9-17)14-30-22-23-18-3-1-2-4-19(18)24-22/h1-6,8-9,11-13H,7,10,14H2,(H,23,24)(H,25,27)(H,26,28). The molecule has 3 N–H and O–H groups in total. The number of nitrogens with zero attached hydrogens (tertiary/aromatic N) is 1. The average Bonchev–Trinajstić information content (AvgIpc) is 3.44. The van der Waals surface area contributed by atoms with Crippen LogP contribution in [0.15, 0.2) is 70.5 Å². The van der Waals surface area contributed by atoms with Gasteiger partial charge < -0.3 is 4.98 Å². The minimum atomic E-state index is -0.338. The minimum absolute atomic E-state index is 0.214. The second-order valence-electron chi connectivity index (χ2n) is 6.68. The average molecular weight is 437 g/mol. The number of aryl methyl sites for hydroxylation is 1. The van der Waals surface area contributed by atoms with Gasteiger partial charge in [0.1, 0.15) is 0 Å². The SMILES string of the molecule is O=C(CCc1ccsc1)NNC(=O)c1ccc(CSc2nc3ccccc3[nH]2)cc1. The van der Waals surface area contributed by atoms with E-state index in [1.165, 1.54) is 0 Å². The molecule has 0 bridgehead atoms. The molecule has 0 atom stereocenters. The number of benzene rings is 2. The van der Waals surface area contributed by atoms with E-state index >= 15 is 0 Å². The topological polar surface area (TPSA) is 86.9 Å². The van der Waals surface area contributed by atoms with Crippen LogP contribution in [-0.4, -0.2) is 21.8 Å². The number of fused-ring (bicyclic) bond motifs is 1. The lowest BCUT2D eigenvalue weighted by Crippen LogP contribution is -2.41. The first kappa shape index (κ1) is 20.2. The van der Waals surface area contributed by atoms with Gasteiger partial charge in [0, 0.05) is 17.7 Å². The lowest BCUT2D eigenvalue weighted by Gasteiger charge is -2.08. The fourth-order valence-corrected chi connectivity index (χ4v) is 4.40. The molecule has 2 aromatic carbocycles. The number of hydrogen-bond acceptors (Lipinski definition) is 5. The van der Waals surface area contributed by atoms with Crippen molar-refractivity contribution in [1.29, 1.82) is 0 Å². The Morgan fingerprint density at radius 1 is 1.00 bits per heavy atom. The highest BCUT2D eigenvalue weighted by molar-refractivity contribution is 7.98. The van der Waals surface area contributed by atoms with Gasteiger partial charge in [0.05, 0.1) is 11.0 Å². The number of aromatic amines is 1. The number of imidazole rings is 1. The van der Waals surface area contributed by atoms with Crippen LogP contribution >= 0.6 is 23.1 Å². The summed E-state index contributed by atoms with van der Waals surface area (Å²) < 4.78 is 0. The van der Waals surface area contributed by atoms with Gasteiger partial charge in [-0.1, -0.05) is 36.0 Å². The Labute approximate surface area is 182 Å². The number of thioether (sulfide) groups is 1. The second kappa shape index (κ2) is 9.60. The maximum atomic E-state index is 12.2. The van der Waals surface area contributed by atoms with Crippen molar-refractivity contribution in [3.8, 4) is 0 Å². The maximum absolute atomic E-state index is 12.2. The molecule has 4 aromatic rings. The molecular weight excluding hydrogens is 416 g/mol. The molecule has 0 aliphatic rings. The van der Waals surface area contributed by atoms with Crippen LogP contribution in [0.3, 0.4) is 0 Å². The summed E-state index contributed by atoms with van der Waals surface area (Å²) in [6, 6.07) is 17.2. The monoisotopic (exact) mass is 436 g/mol. The number of para-hydroxylation sites is 2. The molecule has 2 amide bonds. The first-order valence-electron chi connectivity index (χ1n) is 9.44. The Hall–Kier alpha value is -3.10. The quantitative estimate of drug-likeness (QED) is 0.298. The highest BCUT2D eigenvalue weighted by Crippen LogP contribution is 2.23. The van der Waals surface area contributed by atoms with Crippen molar-refractivity contribution in [1.82, 2.24) is 20.8 Å². The Bertz CT molecular complexity index is 1100. The molecule has 0 unspecified atom stereocenters. The van der Waals surface area contributed by atoms with Crippen molar-refractivity contribution < 1.29 is 9.59 Å². The highest BCUT2D eigenvalue weighted by Gasteiger charge is 2.09. The van der Waals surface area contributed by atoms with Gasteiger partial charge in [-0.3, -0.25) is 20.4 Å². The summed E-state index contributed by atoms with van der Waals surface area (Å²) >= 11 is 3.21. The third-order valence-corrected chi connectivity index (χ3v) is 6.17. The first-order chi connectivity index (χ1) is 14.7. The van der Waals surface area contributed by atoms with Crippen LogP contribution in [0, 0.1) is 0 Å². The molecule has 6 nitrogen and oxygen atoms in total. The predicted molar refractivity (Wildman–Crippen MR) is 120 cm³/mol. The predicted octanol–water partition coefficient (Wildman–Crippen LogP) is 4.31. The lowest BCUT2D eigenvalue weighted by molar-refractivity contribution is -0.121. The third-order valence-electron chi connectivity index (χ3n) is 4.50. The van der Waals surface area contributed by atoms with Crippen LogP contribution in [0.2, 0.25) is 0 Å². The van der Waals surface area contributed by atoms with Crippen LogP contribution in [0.4, 0.5) is 0 Å². The molecule has 0 aliphatic heterocycles. The van der Waals surface area contributed by atoms with E-state index in [-0.39, 0.29) is 11.8 Å². The van der Waals surface area contributed by atoms with Crippen molar-refractivity contribution >= 4 is 45.9 Å². The van der Waals surface area contributed by atoms with Gasteiger partial charge in [0.25, 0.3) is 5.91 Å². The van der Waals surface area contributed by atoms with E-state index in [2.05, 4.69) is 20.8 Å². The molecule has 152 valence electrons. The Morgan fingerprint density at radius 3 is 2.60 bits per heavy atom. The van der Waals surface area contributed by atoms with Crippen molar-refractivity contribution in [2.75, 3.05) is 0 Å². The maximum Gasteiger partial charge on any atom is 0.269 e. The number of aromatic nitrogens is 2. The largest absolute Gasteiger partial charge is 0.333 e. The molecule has 30 heavy (non-hydrogen) atoms. The summed E-state index contributed by atoms with van der Waals surface area (Å²) in [7, 11) is 0. The van der Waals surface area contributed by atoms with E-state index in [1.807, 2.05) is 53.2 Å². The second-order valence-corrected chi connectivity index (χ2v) is 8.42. The molecule has 8 heteroatoms. The molecule has 4 rings (SSSR count). The van der Waals surface area contributed by atoms with Crippen LogP contribution in [0.1, 0.15) is 27.9 Å². The third kappa shape index (κ3) is 5.28. The summed E-state index contributed by atoms with van der Waals surface area (Å²) in [6.45, 7) is 0. The Kier molecular flexibility index (Phi) is 6.46. The smallest absolute Gasteiger partial charge is 0.269 e. The van der Waals surface area contributed by atoms with Gasteiger partial charge in [-0.25, -0.2) is 4.98 Å². The lowest BCUT2D eigenvalue weighted by atomic mass is 10.1. The normalized spacial score (nSPS) is 10.8. The van der Waals surface area contributed by atoms with Crippen molar-refractivity contribution in [3.05, 3.63) is 82.0 Å². The van der Waals surface area contributed by atoms with Crippen LogP contribution in [-0.2, 0) is 17.0 Å². The summed E-state index contributed by atoms with van der Waals surface area (Å²) in [5, 5.41) is 4.86. The number of carbonyl (C=O) groups is 2. The molecular formula is C22H20N4O2S2. The minimum Gasteiger partial charge on any atom is -0.333 e. The number of nitrogens with one attached hydrogen (secondary N) is 3. The van der Waals surface area contributed by atoms with Gasteiger partial charge in [-0.05, 0) is 58.6 Å². The Balaban J connectivity index is 1.24. The molecule has 0 saturated heterocycles. The van der Waals surface area contributed by atoms with E-state index in [0.717, 1.165) is 33.1 Å². The number of amides is 2. The summed E-state index contributed by atoms with van der Waals surface area (Å²) in [5.74, 6) is 0.185. The fourth-order valence-electron chi connectivity index (χ4n) is 2.86. The number of hydrogen-bond donors (Lipinski definition) is 3. The fraction of sp³-hybridized carbons (Fsp3) is 0.136. The van der Waals surface area contributed by atoms with Crippen molar-refractivity contribution in [2.24, 2.45) is 0 Å². The number of carbonyl (C=O) groups excluding carboxylic acids is 2. The molecule has 0 aliphatic carbocycles. The van der Waals surface area contributed by atoms with Gasteiger partial charge in [-0.15, -0.1) is 0 Å². The van der Waals surface area contributed by atoms with Gasteiger partial charge in [-0.2, -0.15) is 11.3 Å². The van der Waals surface area contributed by atoms with Gasteiger partial charge >= 0.3 is 0 Å². The van der Waals surface area contributed by atoms with Crippen molar-refractivity contribution in [3.63, 3.8) is 0 Å². The number of hydrazine groups is 1. The van der Waals surface area contributed by atoms with Crippen LogP contribution < -0.4 is 10.9 Å². The van der Waals surface area contributed by atoms with E-state index in [4.69, 9.17) is 0 Å². The van der Waals surface area contributed by atoms with Gasteiger partial charge in [0.15, 0.2) is 5.16 Å². The number of rotatable bonds is 7. The van der Waals surface area contributed by atoms with E-state index < -0.39 is 0 Å². The molecule has 2 aromatic heterocycles. The molecule has 0 saturated carbocycles. The highest BCUT2D eigenvalue weighted by atomic mass is 32.2. The summed E-state index contributed by atoms with van der Waals surface area (Å²) in [4.78, 5) is 31.9. The summed E-state index contributed by atoms with van der Waals surface area (Å²) in [6.07, 6.45) is 0.984. The molecule has 2 heterocycles. The Morgan fingerprint density at radius 2 is 1.83 bits per heavy atom. The molecule has 0 spiro atoms. The van der Waals surface area contributed by atoms with E-state index in [9.17, 15) is 9.59 Å². The van der Waals surface area contributed by atoms with Crippen LogP contribution in [0.5, 0.6) is 0 Å². The van der Waals surface area contributed by atoms with E-state index in [1.54, 1.807) is 35.2 Å². The first-order valence-corrected chi connectivity index (χ1v) is 11.4. The zero-order chi connectivity index (χ0) is 20.8. The molecule has 0 radical (unpaired) electrons. The molecule has 0 fully saturated rings.